The van der Waals surface area contributed by atoms with E-state index in [1.54, 1.807) is 19.0 Å². The first-order valence-corrected chi connectivity index (χ1v) is 4.09. The summed E-state index contributed by atoms with van der Waals surface area (Å²) in [4.78, 5) is 11.6. The maximum Gasteiger partial charge on any atom is 0.285 e. The molecule has 0 saturated heterocycles. The molecule has 0 saturated carbocycles. The van der Waals surface area contributed by atoms with E-state index in [2.05, 4.69) is 5.32 Å². The summed E-state index contributed by atoms with van der Waals surface area (Å²) >= 11 is 0. The van der Waals surface area contributed by atoms with Crippen LogP contribution in [0.25, 0.3) is 0 Å². The van der Waals surface area contributed by atoms with Gasteiger partial charge in [-0.1, -0.05) is 0 Å². The van der Waals surface area contributed by atoms with Crippen molar-refractivity contribution in [1.82, 2.24) is 10.2 Å². The Bertz CT molecular complexity index is 299. The van der Waals surface area contributed by atoms with E-state index in [9.17, 15) is 14.5 Å². The topological polar surface area (TPSA) is 58.4 Å². The predicted octanol–water partition coefficient (Wildman–Crippen LogP) is 0.491. The number of nitrogens with one attached hydrogen (secondary N) is 1. The Labute approximate surface area is 81.0 Å². The summed E-state index contributed by atoms with van der Waals surface area (Å²) in [6, 6.07) is 0. The number of hydrogen-bond acceptors (Lipinski definition) is 4. The zero-order chi connectivity index (χ0) is 10.7. The highest BCUT2D eigenvalue weighted by molar-refractivity contribution is 5.26. The highest BCUT2D eigenvalue weighted by atomic mass is 19.1. The third-order valence-electron chi connectivity index (χ3n) is 1.96. The Morgan fingerprint density at radius 3 is 2.79 bits per heavy atom. The molecule has 1 aliphatic heterocycles. The Morgan fingerprint density at radius 1 is 1.71 bits per heavy atom. The van der Waals surface area contributed by atoms with Gasteiger partial charge < -0.3 is 5.32 Å². The zero-order valence-electron chi connectivity index (χ0n) is 8.03. The molecule has 0 spiro atoms. The fourth-order valence-electron chi connectivity index (χ4n) is 1.28. The minimum Gasteiger partial charge on any atom is -0.366 e. The average Bonchev–Trinajstić information content (AvgIpc) is 2.16. The summed E-state index contributed by atoms with van der Waals surface area (Å²) in [6.45, 7) is -0.693. The minimum absolute atomic E-state index is 0.115. The monoisotopic (exact) mass is 201 g/mol. The van der Waals surface area contributed by atoms with E-state index < -0.39 is 11.6 Å². The van der Waals surface area contributed by atoms with Crippen LogP contribution in [0.1, 0.15) is 0 Å². The molecule has 0 aromatic carbocycles. The summed E-state index contributed by atoms with van der Waals surface area (Å²) in [5, 5.41) is 13.2. The molecule has 0 aliphatic carbocycles. The first-order valence-electron chi connectivity index (χ1n) is 4.09. The van der Waals surface area contributed by atoms with Crippen molar-refractivity contribution in [3.63, 3.8) is 0 Å². The number of nitrogens with zero attached hydrogens (tertiary/aromatic N) is 2. The lowest BCUT2D eigenvalue weighted by atomic mass is 10.1. The van der Waals surface area contributed by atoms with Crippen LogP contribution >= 0.6 is 0 Å². The van der Waals surface area contributed by atoms with Gasteiger partial charge in [0.05, 0.1) is 11.1 Å². The maximum atomic E-state index is 12.5. The van der Waals surface area contributed by atoms with Gasteiger partial charge in [0.1, 0.15) is 12.8 Å². The fourth-order valence-corrected chi connectivity index (χ4v) is 1.28. The number of dihydropyridines is 1. The molecule has 78 valence electrons. The second-order valence-corrected chi connectivity index (χ2v) is 3.21. The number of allylic oxidation sites excluding steroid dienone is 1. The second kappa shape index (κ2) is 4.19. The molecule has 0 aromatic rings. The second-order valence-electron chi connectivity index (χ2n) is 3.21. The van der Waals surface area contributed by atoms with Gasteiger partial charge in [-0.25, -0.2) is 4.39 Å². The molecule has 1 unspecified atom stereocenters. The van der Waals surface area contributed by atoms with Crippen molar-refractivity contribution in [3.05, 3.63) is 33.7 Å². The lowest BCUT2D eigenvalue weighted by molar-refractivity contribution is -0.419. The van der Waals surface area contributed by atoms with E-state index in [1.165, 1.54) is 12.3 Å². The van der Waals surface area contributed by atoms with E-state index >= 15 is 0 Å². The fraction of sp³-hybridized carbons (Fsp3) is 0.500. The molecule has 6 heteroatoms. The van der Waals surface area contributed by atoms with Crippen molar-refractivity contribution in [2.75, 3.05) is 20.8 Å². The first kappa shape index (κ1) is 10.6. The molecule has 0 fully saturated rings. The normalized spacial score (nSPS) is 21.3. The van der Waals surface area contributed by atoms with E-state index in [0.717, 1.165) is 0 Å². The molecule has 1 N–H and O–H groups in total. The third-order valence-corrected chi connectivity index (χ3v) is 1.96. The highest BCUT2D eigenvalue weighted by Gasteiger charge is 2.23. The van der Waals surface area contributed by atoms with E-state index in [1.807, 2.05) is 0 Å². The zero-order valence-corrected chi connectivity index (χ0v) is 8.03. The van der Waals surface area contributed by atoms with Crippen molar-refractivity contribution in [2.24, 2.45) is 0 Å². The Morgan fingerprint density at radius 2 is 2.36 bits per heavy atom. The van der Waals surface area contributed by atoms with Crippen LogP contribution in [0, 0.1) is 10.1 Å². The molecule has 14 heavy (non-hydrogen) atoms. The van der Waals surface area contributed by atoms with E-state index in [-0.39, 0.29) is 11.9 Å². The smallest absolute Gasteiger partial charge is 0.285 e. The van der Waals surface area contributed by atoms with Crippen molar-refractivity contribution in [1.29, 1.82) is 0 Å². The van der Waals surface area contributed by atoms with Crippen LogP contribution < -0.4 is 5.32 Å². The SMILES string of the molecule is CN(C)C1NC=C([N+](=O)[O-])C=C1CF. The summed E-state index contributed by atoms with van der Waals surface area (Å²) in [5.74, 6) is 0. The van der Waals surface area contributed by atoms with Crippen LogP contribution in [-0.2, 0) is 0 Å². The van der Waals surface area contributed by atoms with E-state index in [4.69, 9.17) is 0 Å². The van der Waals surface area contributed by atoms with Crippen molar-refractivity contribution >= 4 is 0 Å². The largest absolute Gasteiger partial charge is 0.366 e. The van der Waals surface area contributed by atoms with Gasteiger partial charge >= 0.3 is 0 Å². The molecule has 1 heterocycles. The van der Waals surface area contributed by atoms with Crippen molar-refractivity contribution in [3.8, 4) is 0 Å². The lowest BCUT2D eigenvalue weighted by Gasteiger charge is -2.27. The highest BCUT2D eigenvalue weighted by Crippen LogP contribution is 2.14. The van der Waals surface area contributed by atoms with Crippen LogP contribution in [0.5, 0.6) is 0 Å². The average molecular weight is 201 g/mol. The molecule has 1 rings (SSSR count). The number of nitro groups is 1. The van der Waals surface area contributed by atoms with Crippen LogP contribution in [0.4, 0.5) is 4.39 Å². The van der Waals surface area contributed by atoms with E-state index in [0.29, 0.717) is 5.57 Å². The Kier molecular flexibility index (Phi) is 3.19. The van der Waals surface area contributed by atoms with Gasteiger partial charge in [-0.15, -0.1) is 0 Å². The number of alkyl halides is 1. The van der Waals surface area contributed by atoms with Gasteiger partial charge in [0.15, 0.2) is 0 Å². The Balaban J connectivity index is 2.87. The molecular weight excluding hydrogens is 189 g/mol. The lowest BCUT2D eigenvalue weighted by Crippen LogP contribution is -2.43. The van der Waals surface area contributed by atoms with Gasteiger partial charge in [0, 0.05) is 11.6 Å². The van der Waals surface area contributed by atoms with Gasteiger partial charge in [-0.05, 0) is 14.1 Å². The first-order chi connectivity index (χ1) is 6.56. The molecule has 5 nitrogen and oxygen atoms in total. The standard InChI is InChI=1S/C8H12FN3O2/c1-11(2)8-6(4-9)3-7(5-10-8)12(13)14/h3,5,8,10H,4H2,1-2H3. The number of likely N-dealkylation sites (N-methyl/N-ethyl adjacent to an activating group) is 1. The molecule has 0 bridgehead atoms. The number of rotatable bonds is 3. The van der Waals surface area contributed by atoms with Gasteiger partial charge in [0.25, 0.3) is 5.70 Å². The van der Waals surface area contributed by atoms with Crippen molar-refractivity contribution in [2.45, 2.75) is 6.17 Å². The van der Waals surface area contributed by atoms with Crippen LogP contribution in [-0.4, -0.2) is 36.8 Å². The maximum absolute atomic E-state index is 12.5. The third kappa shape index (κ3) is 2.08. The molecular formula is C8H12FN3O2. The van der Waals surface area contributed by atoms with Crippen LogP contribution in [0.2, 0.25) is 0 Å². The minimum atomic E-state index is -0.693. The van der Waals surface area contributed by atoms with Gasteiger partial charge in [-0.3, -0.25) is 15.0 Å². The van der Waals surface area contributed by atoms with Gasteiger partial charge in [-0.2, -0.15) is 0 Å². The summed E-state index contributed by atoms with van der Waals surface area (Å²) in [5.41, 5.74) is 0.250. The molecule has 0 aromatic heterocycles. The number of hydrogen-bond donors (Lipinski definition) is 1. The van der Waals surface area contributed by atoms with Crippen molar-refractivity contribution < 1.29 is 9.31 Å². The van der Waals surface area contributed by atoms with Gasteiger partial charge in [0.2, 0.25) is 0 Å². The quantitative estimate of drug-likeness (QED) is 0.533. The van der Waals surface area contributed by atoms with Crippen LogP contribution in [0.3, 0.4) is 0 Å². The summed E-state index contributed by atoms with van der Waals surface area (Å²) in [7, 11) is 3.54. The summed E-state index contributed by atoms with van der Waals surface area (Å²) in [6.07, 6.45) is 2.24. The number of halogens is 1. The molecule has 1 aliphatic rings. The molecule has 0 radical (unpaired) electrons. The van der Waals surface area contributed by atoms with Crippen LogP contribution in [0.15, 0.2) is 23.5 Å². The molecule has 0 amide bonds. The summed E-state index contributed by atoms with van der Waals surface area (Å²) < 4.78 is 12.5. The molecule has 1 atom stereocenters. The Hall–Kier alpha value is -1.43. The predicted molar refractivity (Wildman–Crippen MR) is 49.7 cm³/mol.